The number of rotatable bonds is 4. The number of anilines is 3. The summed E-state index contributed by atoms with van der Waals surface area (Å²) in [5, 5.41) is 18.3. The highest BCUT2D eigenvalue weighted by atomic mass is 32.2. The van der Waals surface area contributed by atoms with Crippen LogP contribution in [0, 0.1) is 0 Å². The molecule has 0 fully saturated rings. The van der Waals surface area contributed by atoms with Crippen molar-refractivity contribution in [2.24, 2.45) is 0 Å². The number of nitrogens with one attached hydrogen (secondary N) is 3. The molecule has 0 bridgehead atoms. The highest BCUT2D eigenvalue weighted by Gasteiger charge is 2.24. The minimum Gasteiger partial charge on any atom is -0.423 e. The van der Waals surface area contributed by atoms with E-state index in [4.69, 9.17) is 10.0 Å². The van der Waals surface area contributed by atoms with Crippen LogP contribution in [0.15, 0.2) is 47.4 Å². The molecule has 0 unspecified atom stereocenters. The molecule has 7 nitrogen and oxygen atoms in total. The molecule has 2 aromatic rings. The predicted molar refractivity (Wildman–Crippen MR) is 88.4 cm³/mol. The molecule has 1 heterocycles. The van der Waals surface area contributed by atoms with Gasteiger partial charge in [-0.05, 0) is 29.7 Å². The average Bonchev–Trinajstić information content (AvgIpc) is 2.95. The van der Waals surface area contributed by atoms with Crippen LogP contribution in [0.4, 0.5) is 17.1 Å². The fraction of sp³-hybridized carbons (Fsp3) is 0. The zero-order valence-corrected chi connectivity index (χ0v) is 12.8. The molecule has 0 aromatic heterocycles. The Labute approximate surface area is 132 Å². The summed E-state index contributed by atoms with van der Waals surface area (Å²) in [6.45, 7) is 0. The number of hydrogen-bond acceptors (Lipinski definition) is 7. The molecule has 0 radical (unpaired) electrons. The highest BCUT2D eigenvalue weighted by Crippen LogP contribution is 2.38. The second kappa shape index (κ2) is 5.73. The summed E-state index contributed by atoms with van der Waals surface area (Å²) in [4.78, 5) is 0.109. The van der Waals surface area contributed by atoms with Crippen molar-refractivity contribution in [1.82, 2.24) is 0 Å². The SMILES string of the molecule is O=S(=O)(Nc1cccc(B(O)O)c1)c1cccc2c1NSN2. The van der Waals surface area contributed by atoms with Crippen LogP contribution in [-0.2, 0) is 10.0 Å². The summed E-state index contributed by atoms with van der Waals surface area (Å²) in [7, 11) is -5.47. The maximum atomic E-state index is 12.5. The van der Waals surface area contributed by atoms with Crippen molar-refractivity contribution >= 4 is 51.8 Å². The zero-order valence-electron chi connectivity index (χ0n) is 11.1. The molecule has 3 rings (SSSR count). The van der Waals surface area contributed by atoms with Crippen molar-refractivity contribution in [3.63, 3.8) is 0 Å². The molecule has 5 N–H and O–H groups in total. The monoisotopic (exact) mass is 337 g/mol. The number of sulfonamides is 1. The summed E-state index contributed by atoms with van der Waals surface area (Å²) in [5.74, 6) is 0. The van der Waals surface area contributed by atoms with Crippen LogP contribution in [0.5, 0.6) is 0 Å². The van der Waals surface area contributed by atoms with Gasteiger partial charge in [0, 0.05) is 5.69 Å². The Bertz CT molecular complexity index is 814. The summed E-state index contributed by atoms with van der Waals surface area (Å²) in [5.41, 5.74) is 1.63. The molecule has 0 atom stereocenters. The third kappa shape index (κ3) is 2.86. The second-order valence-corrected chi connectivity index (χ2v) is 6.85. The molecule has 2 aromatic carbocycles. The molecular weight excluding hydrogens is 325 g/mol. The first-order valence-corrected chi connectivity index (χ1v) is 8.57. The second-order valence-electron chi connectivity index (χ2n) is 4.59. The Hall–Kier alpha value is -1.88. The molecule has 0 saturated heterocycles. The Morgan fingerprint density at radius 3 is 2.64 bits per heavy atom. The number of para-hydroxylation sites is 1. The molecule has 1 aliphatic heterocycles. The Balaban J connectivity index is 1.95. The quantitative estimate of drug-likeness (QED) is 0.410. The van der Waals surface area contributed by atoms with Crippen LogP contribution in [-0.4, -0.2) is 25.6 Å². The van der Waals surface area contributed by atoms with Gasteiger partial charge >= 0.3 is 7.12 Å². The summed E-state index contributed by atoms with van der Waals surface area (Å²) < 4.78 is 33.3. The highest BCUT2D eigenvalue weighted by molar-refractivity contribution is 8.02. The van der Waals surface area contributed by atoms with E-state index >= 15 is 0 Å². The van der Waals surface area contributed by atoms with Crippen molar-refractivity contribution < 1.29 is 18.5 Å². The van der Waals surface area contributed by atoms with Gasteiger partial charge in [-0.2, -0.15) is 0 Å². The van der Waals surface area contributed by atoms with E-state index in [9.17, 15) is 8.42 Å². The van der Waals surface area contributed by atoms with E-state index in [0.717, 1.165) is 0 Å². The van der Waals surface area contributed by atoms with Gasteiger partial charge in [0.25, 0.3) is 10.0 Å². The van der Waals surface area contributed by atoms with E-state index in [-0.39, 0.29) is 16.0 Å². The van der Waals surface area contributed by atoms with Crippen LogP contribution in [0.1, 0.15) is 0 Å². The molecule has 0 aliphatic carbocycles. The lowest BCUT2D eigenvalue weighted by Crippen LogP contribution is -2.30. The predicted octanol–water partition coefficient (Wildman–Crippen LogP) is 0.568. The van der Waals surface area contributed by atoms with Crippen molar-refractivity contribution in [2.45, 2.75) is 4.90 Å². The molecule has 1 aliphatic rings. The molecule has 0 saturated carbocycles. The maximum absolute atomic E-state index is 12.5. The normalized spacial score (nSPS) is 13.0. The number of benzene rings is 2. The van der Waals surface area contributed by atoms with Crippen LogP contribution in [0.3, 0.4) is 0 Å². The lowest BCUT2D eigenvalue weighted by Gasteiger charge is -2.11. The lowest BCUT2D eigenvalue weighted by molar-refractivity contribution is 0.426. The molecule has 0 amide bonds. The van der Waals surface area contributed by atoms with E-state index in [0.29, 0.717) is 11.4 Å². The molecule has 0 spiro atoms. The molecular formula is C12H12BN3O4S2. The van der Waals surface area contributed by atoms with Crippen LogP contribution < -0.4 is 19.6 Å². The van der Waals surface area contributed by atoms with E-state index in [2.05, 4.69) is 14.2 Å². The topological polar surface area (TPSA) is 111 Å². The van der Waals surface area contributed by atoms with Crippen LogP contribution in [0.2, 0.25) is 0 Å². The van der Waals surface area contributed by atoms with Crippen molar-refractivity contribution in [1.29, 1.82) is 0 Å². The lowest BCUT2D eigenvalue weighted by atomic mass is 9.80. The Morgan fingerprint density at radius 2 is 1.86 bits per heavy atom. The first-order chi connectivity index (χ1) is 10.5. The van der Waals surface area contributed by atoms with Gasteiger partial charge in [-0.15, -0.1) is 0 Å². The van der Waals surface area contributed by atoms with Gasteiger partial charge in [-0.25, -0.2) is 8.42 Å². The van der Waals surface area contributed by atoms with E-state index in [1.165, 1.54) is 42.5 Å². The zero-order chi connectivity index (χ0) is 15.7. The Kier molecular flexibility index (Phi) is 3.91. The van der Waals surface area contributed by atoms with Crippen LogP contribution in [0.25, 0.3) is 0 Å². The minimum atomic E-state index is -3.81. The molecule has 10 heteroatoms. The van der Waals surface area contributed by atoms with E-state index in [1.807, 2.05) is 0 Å². The smallest absolute Gasteiger partial charge is 0.423 e. The fourth-order valence-electron chi connectivity index (χ4n) is 2.05. The minimum absolute atomic E-state index is 0.109. The van der Waals surface area contributed by atoms with Gasteiger partial charge < -0.3 is 19.5 Å². The molecule has 114 valence electrons. The number of fused-ring (bicyclic) bond motifs is 1. The van der Waals surface area contributed by atoms with E-state index in [1.54, 1.807) is 12.1 Å². The van der Waals surface area contributed by atoms with Gasteiger partial charge in [0.1, 0.15) is 4.90 Å². The third-order valence-electron chi connectivity index (χ3n) is 3.07. The fourth-order valence-corrected chi connectivity index (χ4v) is 4.00. The van der Waals surface area contributed by atoms with Crippen molar-refractivity contribution in [3.8, 4) is 0 Å². The Morgan fingerprint density at radius 1 is 1.09 bits per heavy atom. The van der Waals surface area contributed by atoms with E-state index < -0.39 is 17.1 Å². The molecule has 22 heavy (non-hydrogen) atoms. The van der Waals surface area contributed by atoms with Gasteiger partial charge in [-0.3, -0.25) is 4.72 Å². The summed E-state index contributed by atoms with van der Waals surface area (Å²) >= 11 is 1.19. The van der Waals surface area contributed by atoms with Gasteiger partial charge in [0.05, 0.1) is 23.5 Å². The van der Waals surface area contributed by atoms with Gasteiger partial charge in [-0.1, -0.05) is 18.2 Å². The third-order valence-corrected chi connectivity index (χ3v) is 5.12. The summed E-state index contributed by atoms with van der Waals surface area (Å²) in [6.07, 6.45) is 0. The first kappa shape index (κ1) is 15.0. The average molecular weight is 337 g/mol. The summed E-state index contributed by atoms with van der Waals surface area (Å²) in [6, 6.07) is 10.8. The van der Waals surface area contributed by atoms with Crippen LogP contribution >= 0.6 is 12.1 Å². The van der Waals surface area contributed by atoms with Gasteiger partial charge in [0.15, 0.2) is 0 Å². The largest absolute Gasteiger partial charge is 0.488 e. The van der Waals surface area contributed by atoms with Crippen molar-refractivity contribution in [3.05, 3.63) is 42.5 Å². The van der Waals surface area contributed by atoms with Gasteiger partial charge in [0.2, 0.25) is 0 Å². The number of hydrogen-bond donors (Lipinski definition) is 5. The van der Waals surface area contributed by atoms with Crippen molar-refractivity contribution in [2.75, 3.05) is 14.2 Å². The standard InChI is InChI=1S/C12H12BN3O4S2/c17-13(18)8-3-1-4-9(7-8)16-22(19,20)11-6-2-5-10-12(11)15-21-14-10/h1-7,14-18H. The maximum Gasteiger partial charge on any atom is 0.488 e. The first-order valence-electron chi connectivity index (χ1n) is 6.27.